The zero-order chi connectivity index (χ0) is 14.5. The highest BCUT2D eigenvalue weighted by Crippen LogP contribution is 2.26. The number of amides is 1. The van der Waals surface area contributed by atoms with Crippen molar-refractivity contribution in [2.24, 2.45) is 18.7 Å². The number of imidazole rings is 1. The van der Waals surface area contributed by atoms with Crippen LogP contribution in [0.1, 0.15) is 6.92 Å². The second-order valence-electron chi connectivity index (χ2n) is 4.57. The molecule has 0 saturated heterocycles. The predicted octanol–water partition coefficient (Wildman–Crippen LogP) is 2.10. The maximum absolute atomic E-state index is 11.7. The number of carbonyl (C=O) groups excluding carboxylic acids is 1. The van der Waals surface area contributed by atoms with Crippen LogP contribution in [0.25, 0.3) is 0 Å². The van der Waals surface area contributed by atoms with Crippen molar-refractivity contribution in [3.8, 4) is 0 Å². The lowest BCUT2D eigenvalue weighted by atomic mass is 10.1. The van der Waals surface area contributed by atoms with Crippen LogP contribution in [0.3, 0.4) is 0 Å². The average molecular weight is 290 g/mol. The lowest BCUT2D eigenvalue weighted by molar-refractivity contribution is -0.119. The molecule has 0 spiro atoms. The van der Waals surface area contributed by atoms with Crippen molar-refractivity contribution in [3.63, 3.8) is 0 Å². The van der Waals surface area contributed by atoms with Crippen LogP contribution in [0, 0.1) is 5.92 Å². The van der Waals surface area contributed by atoms with Crippen molar-refractivity contribution in [3.05, 3.63) is 36.7 Å². The van der Waals surface area contributed by atoms with Gasteiger partial charge in [0.25, 0.3) is 0 Å². The minimum atomic E-state index is -0.184. The zero-order valence-corrected chi connectivity index (χ0v) is 12.4. The molecule has 6 heteroatoms. The Hall–Kier alpha value is -1.79. The summed E-state index contributed by atoms with van der Waals surface area (Å²) < 4.78 is 1.96. The molecule has 1 unspecified atom stereocenters. The minimum absolute atomic E-state index is 0.0583. The fraction of sp³-hybridized carbons (Fsp3) is 0.286. The van der Waals surface area contributed by atoms with Crippen molar-refractivity contribution in [2.45, 2.75) is 17.0 Å². The number of benzene rings is 1. The van der Waals surface area contributed by atoms with E-state index in [1.54, 1.807) is 24.9 Å². The molecule has 106 valence electrons. The van der Waals surface area contributed by atoms with Gasteiger partial charge in [0.05, 0.1) is 0 Å². The Bertz CT molecular complexity index is 579. The quantitative estimate of drug-likeness (QED) is 0.884. The van der Waals surface area contributed by atoms with Gasteiger partial charge in [-0.05, 0) is 24.3 Å². The molecule has 1 atom stereocenters. The predicted molar refractivity (Wildman–Crippen MR) is 80.6 cm³/mol. The standard InChI is InChI=1S/C14H18N4OS/c1-10(9-15)13(19)17-11-3-5-12(6-4-11)20-14-16-7-8-18(14)2/h3-8,10H,9,15H2,1-2H3,(H,17,19). The van der Waals surface area contributed by atoms with Gasteiger partial charge in [0.1, 0.15) is 0 Å². The van der Waals surface area contributed by atoms with Crippen LogP contribution in [0.15, 0.2) is 46.7 Å². The Kier molecular flexibility index (Phi) is 4.81. The van der Waals surface area contributed by atoms with E-state index in [9.17, 15) is 4.79 Å². The third kappa shape index (κ3) is 3.61. The highest BCUT2D eigenvalue weighted by molar-refractivity contribution is 7.99. The third-order valence-corrected chi connectivity index (χ3v) is 3.99. The van der Waals surface area contributed by atoms with E-state index in [1.807, 2.05) is 42.1 Å². The molecule has 2 aromatic rings. The van der Waals surface area contributed by atoms with Gasteiger partial charge in [0.2, 0.25) is 5.91 Å². The van der Waals surface area contributed by atoms with Gasteiger partial charge in [-0.1, -0.05) is 18.7 Å². The lowest BCUT2D eigenvalue weighted by Crippen LogP contribution is -2.26. The van der Waals surface area contributed by atoms with Gasteiger partial charge in [0, 0.05) is 42.5 Å². The Balaban J connectivity index is 2.00. The molecular formula is C14H18N4OS. The summed E-state index contributed by atoms with van der Waals surface area (Å²) in [5, 5.41) is 3.77. The molecule has 5 nitrogen and oxygen atoms in total. The third-order valence-electron chi connectivity index (χ3n) is 2.91. The van der Waals surface area contributed by atoms with Crippen molar-refractivity contribution in [2.75, 3.05) is 11.9 Å². The van der Waals surface area contributed by atoms with Gasteiger partial charge < -0.3 is 15.6 Å². The van der Waals surface area contributed by atoms with Crippen molar-refractivity contribution in [1.82, 2.24) is 9.55 Å². The van der Waals surface area contributed by atoms with Gasteiger partial charge >= 0.3 is 0 Å². The molecule has 1 amide bonds. The molecular weight excluding hydrogens is 272 g/mol. The molecule has 0 aliphatic heterocycles. The fourth-order valence-corrected chi connectivity index (χ4v) is 2.34. The molecule has 0 saturated carbocycles. The van der Waals surface area contributed by atoms with E-state index in [0.29, 0.717) is 6.54 Å². The topological polar surface area (TPSA) is 72.9 Å². The number of rotatable bonds is 5. The number of aryl methyl sites for hydroxylation is 1. The monoisotopic (exact) mass is 290 g/mol. The first-order chi connectivity index (χ1) is 9.60. The van der Waals surface area contributed by atoms with Crippen LogP contribution in [-0.2, 0) is 11.8 Å². The first-order valence-corrected chi connectivity index (χ1v) is 7.18. The zero-order valence-electron chi connectivity index (χ0n) is 11.5. The summed E-state index contributed by atoms with van der Waals surface area (Å²) in [6.45, 7) is 2.15. The molecule has 0 fully saturated rings. The molecule has 3 N–H and O–H groups in total. The van der Waals surface area contributed by atoms with Crippen molar-refractivity contribution < 1.29 is 4.79 Å². The number of carbonyl (C=O) groups is 1. The van der Waals surface area contributed by atoms with Crippen LogP contribution in [0.4, 0.5) is 5.69 Å². The van der Waals surface area contributed by atoms with Crippen LogP contribution in [0.2, 0.25) is 0 Å². The van der Waals surface area contributed by atoms with E-state index < -0.39 is 0 Å². The van der Waals surface area contributed by atoms with Crippen molar-refractivity contribution in [1.29, 1.82) is 0 Å². The highest BCUT2D eigenvalue weighted by Gasteiger charge is 2.10. The number of nitrogens with two attached hydrogens (primary N) is 1. The summed E-state index contributed by atoms with van der Waals surface area (Å²) in [5.41, 5.74) is 6.24. The lowest BCUT2D eigenvalue weighted by Gasteiger charge is -2.10. The Morgan fingerprint density at radius 2 is 2.15 bits per heavy atom. The van der Waals surface area contributed by atoms with Gasteiger partial charge in [-0.25, -0.2) is 4.98 Å². The van der Waals surface area contributed by atoms with Crippen LogP contribution in [0.5, 0.6) is 0 Å². The summed E-state index contributed by atoms with van der Waals surface area (Å²) in [4.78, 5) is 17.1. The summed E-state index contributed by atoms with van der Waals surface area (Å²) >= 11 is 1.58. The Morgan fingerprint density at radius 3 is 2.70 bits per heavy atom. The molecule has 0 radical (unpaired) electrons. The molecule has 20 heavy (non-hydrogen) atoms. The number of hydrogen-bond donors (Lipinski definition) is 2. The minimum Gasteiger partial charge on any atom is -0.330 e. The van der Waals surface area contributed by atoms with E-state index in [0.717, 1.165) is 15.7 Å². The summed E-state index contributed by atoms with van der Waals surface area (Å²) in [5.74, 6) is -0.242. The van der Waals surface area contributed by atoms with Gasteiger partial charge in [-0.15, -0.1) is 0 Å². The van der Waals surface area contributed by atoms with E-state index >= 15 is 0 Å². The summed E-state index contributed by atoms with van der Waals surface area (Å²) in [6, 6.07) is 7.68. The maximum atomic E-state index is 11.7. The molecule has 0 aliphatic carbocycles. The van der Waals surface area contributed by atoms with E-state index in [4.69, 9.17) is 5.73 Å². The van der Waals surface area contributed by atoms with Gasteiger partial charge in [-0.2, -0.15) is 0 Å². The molecule has 0 bridgehead atoms. The summed E-state index contributed by atoms with van der Waals surface area (Å²) in [6.07, 6.45) is 3.68. The molecule has 1 heterocycles. The normalized spacial score (nSPS) is 12.2. The highest BCUT2D eigenvalue weighted by atomic mass is 32.2. The Morgan fingerprint density at radius 1 is 1.45 bits per heavy atom. The Labute approximate surface area is 122 Å². The maximum Gasteiger partial charge on any atom is 0.228 e. The summed E-state index contributed by atoms with van der Waals surface area (Å²) in [7, 11) is 1.96. The van der Waals surface area contributed by atoms with Crippen molar-refractivity contribution >= 4 is 23.4 Å². The van der Waals surface area contributed by atoms with Crippen LogP contribution < -0.4 is 11.1 Å². The van der Waals surface area contributed by atoms with Gasteiger partial charge in [-0.3, -0.25) is 4.79 Å². The molecule has 1 aromatic carbocycles. The smallest absolute Gasteiger partial charge is 0.228 e. The number of nitrogens with one attached hydrogen (secondary N) is 1. The number of hydrogen-bond acceptors (Lipinski definition) is 4. The fourth-order valence-electron chi connectivity index (χ4n) is 1.53. The largest absolute Gasteiger partial charge is 0.330 e. The van der Waals surface area contributed by atoms with E-state index in [1.165, 1.54) is 0 Å². The number of aromatic nitrogens is 2. The number of nitrogens with zero attached hydrogens (tertiary/aromatic N) is 2. The molecule has 1 aromatic heterocycles. The first kappa shape index (κ1) is 14.6. The average Bonchev–Trinajstić information content (AvgIpc) is 2.85. The molecule has 0 aliphatic rings. The number of anilines is 1. The van der Waals surface area contributed by atoms with E-state index in [2.05, 4.69) is 10.3 Å². The van der Waals surface area contributed by atoms with Gasteiger partial charge in [0.15, 0.2) is 5.16 Å². The van der Waals surface area contributed by atoms with E-state index in [-0.39, 0.29) is 11.8 Å². The van der Waals surface area contributed by atoms with Crippen LogP contribution in [-0.4, -0.2) is 22.0 Å². The molecule has 2 rings (SSSR count). The van der Waals surface area contributed by atoms with Crippen LogP contribution >= 0.6 is 11.8 Å². The first-order valence-electron chi connectivity index (χ1n) is 6.36. The second-order valence-corrected chi connectivity index (χ2v) is 5.61. The SMILES string of the molecule is CC(CN)C(=O)Nc1ccc(Sc2nccn2C)cc1. The second kappa shape index (κ2) is 6.58.